The van der Waals surface area contributed by atoms with E-state index >= 15 is 0 Å². The summed E-state index contributed by atoms with van der Waals surface area (Å²) in [5, 5.41) is 9.21. The summed E-state index contributed by atoms with van der Waals surface area (Å²) >= 11 is 12.6. The molecular weight excluding hydrogens is 399 g/mol. The molecule has 0 fully saturated rings. The number of amides is 1. The van der Waals surface area contributed by atoms with Crippen LogP contribution >= 0.6 is 34.5 Å². The van der Waals surface area contributed by atoms with Gasteiger partial charge in [0.05, 0.1) is 15.7 Å². The number of nitrogens with one attached hydrogen (secondary N) is 1. The lowest BCUT2D eigenvalue weighted by molar-refractivity contribution is -0.119. The molecular formula is C13H10Cl2N2O5S2. The van der Waals surface area contributed by atoms with Crippen molar-refractivity contribution in [3.8, 4) is 0 Å². The van der Waals surface area contributed by atoms with Crippen LogP contribution in [0, 0.1) is 0 Å². The summed E-state index contributed by atoms with van der Waals surface area (Å²) < 4.78 is 27.5. The predicted octanol–water partition coefficient (Wildman–Crippen LogP) is 2.50. The molecule has 0 radical (unpaired) electrons. The number of benzene rings is 1. The number of sulfonamides is 1. The van der Waals surface area contributed by atoms with Gasteiger partial charge in [0.1, 0.15) is 9.77 Å². The first-order valence-electron chi connectivity index (χ1n) is 6.21. The summed E-state index contributed by atoms with van der Waals surface area (Å²) in [5.74, 6) is -1.67. The van der Waals surface area contributed by atoms with Crippen LogP contribution < -0.4 is 10.5 Å². The Morgan fingerprint density at radius 3 is 2.42 bits per heavy atom. The van der Waals surface area contributed by atoms with Crippen molar-refractivity contribution in [3.05, 3.63) is 44.6 Å². The van der Waals surface area contributed by atoms with E-state index in [1.165, 1.54) is 23.6 Å². The number of thiophene rings is 1. The minimum atomic E-state index is -4.06. The molecule has 7 nitrogen and oxygen atoms in total. The first kappa shape index (κ1) is 18.7. The van der Waals surface area contributed by atoms with Gasteiger partial charge in [-0.1, -0.05) is 29.3 Å². The molecule has 1 aromatic carbocycles. The minimum Gasteiger partial charge on any atom is -0.451 e. The maximum Gasteiger partial charge on any atom is 0.350 e. The van der Waals surface area contributed by atoms with Gasteiger partial charge < -0.3 is 10.1 Å². The molecule has 128 valence electrons. The average Bonchev–Trinajstić information content (AvgIpc) is 2.98. The Kier molecular flexibility index (Phi) is 5.83. The molecule has 11 heteroatoms. The number of carbonyl (C=O) groups excluding carboxylic acids is 2. The molecule has 24 heavy (non-hydrogen) atoms. The van der Waals surface area contributed by atoms with Crippen molar-refractivity contribution >= 4 is 62.1 Å². The number of para-hydroxylation sites is 1. The SMILES string of the molecule is NS(=O)(=O)c1ccsc1C(=O)OCC(=O)Nc1c(Cl)cccc1Cl. The molecule has 0 aliphatic rings. The van der Waals surface area contributed by atoms with Gasteiger partial charge in [-0.25, -0.2) is 18.4 Å². The summed E-state index contributed by atoms with van der Waals surface area (Å²) in [4.78, 5) is 23.2. The van der Waals surface area contributed by atoms with E-state index in [9.17, 15) is 18.0 Å². The Bertz CT molecular complexity index is 875. The van der Waals surface area contributed by atoms with Crippen LogP contribution in [0.2, 0.25) is 10.0 Å². The maximum absolute atomic E-state index is 11.9. The highest BCUT2D eigenvalue weighted by Crippen LogP contribution is 2.29. The highest BCUT2D eigenvalue weighted by Gasteiger charge is 2.23. The molecule has 3 N–H and O–H groups in total. The maximum atomic E-state index is 11.9. The molecule has 1 heterocycles. The van der Waals surface area contributed by atoms with Gasteiger partial charge in [0, 0.05) is 0 Å². The van der Waals surface area contributed by atoms with Gasteiger partial charge in [-0.15, -0.1) is 11.3 Å². The molecule has 2 rings (SSSR count). The lowest BCUT2D eigenvalue weighted by Crippen LogP contribution is -2.22. The first-order valence-corrected chi connectivity index (χ1v) is 9.39. The van der Waals surface area contributed by atoms with Crippen molar-refractivity contribution in [1.82, 2.24) is 0 Å². The molecule has 0 unspecified atom stereocenters. The number of ether oxygens (including phenoxy) is 1. The van der Waals surface area contributed by atoms with Gasteiger partial charge in [0.2, 0.25) is 10.0 Å². The standard InChI is InChI=1S/C13H10Cl2N2O5S2/c14-7-2-1-3-8(15)11(7)17-10(18)6-22-13(19)12-9(4-5-23-12)24(16,20)21/h1-5H,6H2,(H,17,18)(H2,16,20,21). The molecule has 0 saturated carbocycles. The Hall–Kier alpha value is -1.65. The predicted molar refractivity (Wildman–Crippen MR) is 91.1 cm³/mol. The van der Waals surface area contributed by atoms with Gasteiger partial charge in [-0.2, -0.15) is 0 Å². The van der Waals surface area contributed by atoms with Crippen LogP contribution in [-0.4, -0.2) is 26.9 Å². The fraction of sp³-hybridized carbons (Fsp3) is 0.0769. The van der Waals surface area contributed by atoms with Crippen LogP contribution in [0.1, 0.15) is 9.67 Å². The molecule has 1 amide bonds. The zero-order valence-corrected chi connectivity index (χ0v) is 14.9. The van der Waals surface area contributed by atoms with Crippen molar-refractivity contribution in [2.45, 2.75) is 4.90 Å². The molecule has 0 aliphatic heterocycles. The van der Waals surface area contributed by atoms with Crippen LogP contribution in [0.25, 0.3) is 0 Å². The zero-order valence-electron chi connectivity index (χ0n) is 11.8. The third kappa shape index (κ3) is 4.46. The molecule has 2 aromatic rings. The van der Waals surface area contributed by atoms with Crippen LogP contribution in [0.4, 0.5) is 5.69 Å². The number of rotatable bonds is 5. The summed E-state index contributed by atoms with van der Waals surface area (Å²) in [6.45, 7) is -0.650. The number of nitrogens with two attached hydrogens (primary N) is 1. The fourth-order valence-electron chi connectivity index (χ4n) is 1.66. The first-order chi connectivity index (χ1) is 11.2. The largest absolute Gasteiger partial charge is 0.451 e. The Morgan fingerprint density at radius 1 is 1.21 bits per heavy atom. The highest BCUT2D eigenvalue weighted by atomic mass is 35.5. The zero-order chi connectivity index (χ0) is 17.9. The summed E-state index contributed by atoms with van der Waals surface area (Å²) in [7, 11) is -4.06. The molecule has 1 aromatic heterocycles. The van der Waals surface area contributed by atoms with E-state index in [0.29, 0.717) is 0 Å². The van der Waals surface area contributed by atoms with Crippen molar-refractivity contribution in [2.24, 2.45) is 5.14 Å². The number of primary sulfonamides is 1. The number of anilines is 1. The Morgan fingerprint density at radius 2 is 1.83 bits per heavy atom. The van der Waals surface area contributed by atoms with Gasteiger partial charge in [0.15, 0.2) is 6.61 Å². The number of hydrogen-bond acceptors (Lipinski definition) is 6. The fourth-order valence-corrected chi connectivity index (χ4v) is 4.01. The number of esters is 1. The average molecular weight is 409 g/mol. The minimum absolute atomic E-state index is 0.184. The number of carbonyl (C=O) groups is 2. The van der Waals surface area contributed by atoms with E-state index in [1.807, 2.05) is 0 Å². The second-order valence-corrected chi connectivity index (χ2v) is 7.64. The van der Waals surface area contributed by atoms with Gasteiger partial charge in [-0.05, 0) is 23.6 Å². The van der Waals surface area contributed by atoms with Crippen LogP contribution in [0.15, 0.2) is 34.5 Å². The van der Waals surface area contributed by atoms with Crippen molar-refractivity contribution < 1.29 is 22.7 Å². The third-order valence-corrected chi connectivity index (χ3v) is 5.29. The second kappa shape index (κ2) is 7.49. The lowest BCUT2D eigenvalue weighted by Gasteiger charge is -2.09. The monoisotopic (exact) mass is 408 g/mol. The summed E-state index contributed by atoms with van der Waals surface area (Å²) in [6.07, 6.45) is 0. The molecule has 0 spiro atoms. The third-order valence-electron chi connectivity index (χ3n) is 2.68. The Balaban J connectivity index is 2.02. The van der Waals surface area contributed by atoms with Crippen LogP contribution in [0.5, 0.6) is 0 Å². The van der Waals surface area contributed by atoms with E-state index in [1.54, 1.807) is 6.07 Å². The van der Waals surface area contributed by atoms with Gasteiger partial charge in [0.25, 0.3) is 5.91 Å². The van der Waals surface area contributed by atoms with E-state index in [0.717, 1.165) is 11.3 Å². The van der Waals surface area contributed by atoms with E-state index < -0.39 is 28.5 Å². The molecule has 0 saturated heterocycles. The van der Waals surface area contributed by atoms with Gasteiger partial charge in [-0.3, -0.25) is 4.79 Å². The normalized spacial score (nSPS) is 11.1. The van der Waals surface area contributed by atoms with Crippen molar-refractivity contribution in [1.29, 1.82) is 0 Å². The van der Waals surface area contributed by atoms with Crippen molar-refractivity contribution in [2.75, 3.05) is 11.9 Å². The topological polar surface area (TPSA) is 116 Å². The molecule has 0 aliphatic carbocycles. The van der Waals surface area contributed by atoms with E-state index in [-0.39, 0.29) is 25.5 Å². The van der Waals surface area contributed by atoms with E-state index in [4.69, 9.17) is 33.1 Å². The molecule has 0 atom stereocenters. The van der Waals surface area contributed by atoms with Crippen LogP contribution in [-0.2, 0) is 19.6 Å². The number of halogens is 2. The molecule has 0 bridgehead atoms. The summed E-state index contributed by atoms with van der Waals surface area (Å²) in [5.41, 5.74) is 0.184. The quantitative estimate of drug-likeness (QED) is 0.737. The second-order valence-electron chi connectivity index (χ2n) is 4.38. The summed E-state index contributed by atoms with van der Waals surface area (Å²) in [6, 6.07) is 5.84. The highest BCUT2D eigenvalue weighted by molar-refractivity contribution is 7.89. The van der Waals surface area contributed by atoms with E-state index in [2.05, 4.69) is 5.32 Å². The van der Waals surface area contributed by atoms with Gasteiger partial charge >= 0.3 is 5.97 Å². The number of hydrogen-bond donors (Lipinski definition) is 2. The Labute approximate surface area is 151 Å². The smallest absolute Gasteiger partial charge is 0.350 e. The van der Waals surface area contributed by atoms with Crippen molar-refractivity contribution in [3.63, 3.8) is 0 Å². The van der Waals surface area contributed by atoms with Crippen LogP contribution in [0.3, 0.4) is 0 Å². The lowest BCUT2D eigenvalue weighted by atomic mass is 10.3.